The summed E-state index contributed by atoms with van der Waals surface area (Å²) in [6.07, 6.45) is 1.98. The summed E-state index contributed by atoms with van der Waals surface area (Å²) in [5.74, 6) is 0.778. The minimum atomic E-state index is -3.47. The Morgan fingerprint density at radius 2 is 1.80 bits per heavy atom. The SMILES string of the molecule is CSCC(C)N(C)S(=O)(=O)c1cccc2ccccc12. The van der Waals surface area contributed by atoms with Crippen molar-refractivity contribution in [2.75, 3.05) is 19.1 Å². The average Bonchev–Trinajstić information content (AvgIpc) is 2.46. The maximum absolute atomic E-state index is 12.8. The standard InChI is InChI=1S/C15H19NO2S2/c1-12(11-19-3)16(2)20(17,18)15-10-6-8-13-7-4-5-9-14(13)15/h4-10,12H,11H2,1-3H3. The van der Waals surface area contributed by atoms with Crippen LogP contribution in [0.25, 0.3) is 10.8 Å². The third kappa shape index (κ3) is 2.85. The summed E-state index contributed by atoms with van der Waals surface area (Å²) >= 11 is 1.65. The summed E-state index contributed by atoms with van der Waals surface area (Å²) in [5, 5.41) is 1.72. The van der Waals surface area contributed by atoms with Gasteiger partial charge in [-0.3, -0.25) is 0 Å². The van der Waals surface area contributed by atoms with Crippen LogP contribution in [0.15, 0.2) is 47.4 Å². The lowest BCUT2D eigenvalue weighted by Crippen LogP contribution is -2.36. The molecule has 0 aromatic heterocycles. The summed E-state index contributed by atoms with van der Waals surface area (Å²) in [6, 6.07) is 12.9. The van der Waals surface area contributed by atoms with Gasteiger partial charge in [-0.1, -0.05) is 36.4 Å². The largest absolute Gasteiger partial charge is 0.243 e. The number of rotatable bonds is 5. The molecule has 0 fully saturated rings. The zero-order valence-electron chi connectivity index (χ0n) is 11.9. The topological polar surface area (TPSA) is 37.4 Å². The number of nitrogens with zero attached hydrogens (tertiary/aromatic N) is 1. The molecule has 5 heteroatoms. The number of hydrogen-bond acceptors (Lipinski definition) is 3. The van der Waals surface area contributed by atoms with E-state index >= 15 is 0 Å². The predicted molar refractivity (Wildman–Crippen MR) is 86.7 cm³/mol. The molecule has 0 saturated heterocycles. The van der Waals surface area contributed by atoms with Crippen molar-refractivity contribution >= 4 is 32.6 Å². The van der Waals surface area contributed by atoms with Crippen molar-refractivity contribution in [3.8, 4) is 0 Å². The van der Waals surface area contributed by atoms with Gasteiger partial charge in [0.25, 0.3) is 0 Å². The number of fused-ring (bicyclic) bond motifs is 1. The molecule has 2 aromatic carbocycles. The Morgan fingerprint density at radius 3 is 2.50 bits per heavy atom. The molecule has 2 rings (SSSR count). The smallest absolute Gasteiger partial charge is 0.207 e. The van der Waals surface area contributed by atoms with Crippen LogP contribution >= 0.6 is 11.8 Å². The van der Waals surface area contributed by atoms with Crippen molar-refractivity contribution in [1.29, 1.82) is 0 Å². The Hall–Kier alpha value is -1.04. The van der Waals surface area contributed by atoms with Crippen LogP contribution in [-0.4, -0.2) is 37.8 Å². The van der Waals surface area contributed by atoms with Gasteiger partial charge in [0.2, 0.25) is 10.0 Å². The van der Waals surface area contributed by atoms with Gasteiger partial charge in [0.15, 0.2) is 0 Å². The van der Waals surface area contributed by atoms with Gasteiger partial charge in [0.1, 0.15) is 0 Å². The minimum absolute atomic E-state index is 0.0334. The number of hydrogen-bond donors (Lipinski definition) is 0. The van der Waals surface area contributed by atoms with E-state index in [4.69, 9.17) is 0 Å². The first-order valence-corrected chi connectivity index (χ1v) is 9.26. The van der Waals surface area contributed by atoms with Crippen LogP contribution in [0.2, 0.25) is 0 Å². The molecule has 1 unspecified atom stereocenters. The van der Waals surface area contributed by atoms with E-state index in [9.17, 15) is 8.42 Å². The van der Waals surface area contributed by atoms with Crippen LogP contribution in [0, 0.1) is 0 Å². The fourth-order valence-corrected chi connectivity index (χ4v) is 4.53. The molecule has 0 spiro atoms. The maximum atomic E-state index is 12.8. The van der Waals surface area contributed by atoms with E-state index in [1.807, 2.05) is 43.5 Å². The quantitative estimate of drug-likeness (QED) is 0.851. The maximum Gasteiger partial charge on any atom is 0.243 e. The van der Waals surface area contributed by atoms with Gasteiger partial charge in [-0.25, -0.2) is 8.42 Å². The van der Waals surface area contributed by atoms with Gasteiger partial charge in [0, 0.05) is 24.2 Å². The average molecular weight is 309 g/mol. The van der Waals surface area contributed by atoms with Crippen molar-refractivity contribution in [2.45, 2.75) is 17.9 Å². The molecule has 0 amide bonds. The number of sulfonamides is 1. The molecule has 0 saturated carbocycles. The Kier molecular flexibility index (Phi) is 4.73. The highest BCUT2D eigenvalue weighted by Crippen LogP contribution is 2.26. The van der Waals surface area contributed by atoms with Crippen LogP contribution in [0.4, 0.5) is 0 Å². The summed E-state index contributed by atoms with van der Waals surface area (Å²) < 4.78 is 27.0. The van der Waals surface area contributed by atoms with E-state index in [1.54, 1.807) is 30.9 Å². The van der Waals surface area contributed by atoms with E-state index < -0.39 is 10.0 Å². The van der Waals surface area contributed by atoms with Crippen molar-refractivity contribution in [2.24, 2.45) is 0 Å². The van der Waals surface area contributed by atoms with Crippen LogP contribution < -0.4 is 0 Å². The van der Waals surface area contributed by atoms with E-state index in [1.165, 1.54) is 4.31 Å². The fraction of sp³-hybridized carbons (Fsp3) is 0.333. The third-order valence-corrected chi connectivity index (χ3v) is 6.28. The van der Waals surface area contributed by atoms with E-state index in [0.29, 0.717) is 4.90 Å². The van der Waals surface area contributed by atoms with Gasteiger partial charge in [-0.05, 0) is 24.6 Å². The lowest BCUT2D eigenvalue weighted by atomic mass is 10.1. The van der Waals surface area contributed by atoms with Gasteiger partial charge in [0.05, 0.1) is 4.90 Å². The molecule has 0 radical (unpaired) electrons. The van der Waals surface area contributed by atoms with Crippen molar-refractivity contribution in [3.05, 3.63) is 42.5 Å². The fourth-order valence-electron chi connectivity index (χ4n) is 2.16. The molecule has 0 aliphatic heterocycles. The van der Waals surface area contributed by atoms with E-state index in [-0.39, 0.29) is 6.04 Å². The van der Waals surface area contributed by atoms with Crippen LogP contribution in [0.5, 0.6) is 0 Å². The first-order valence-electron chi connectivity index (χ1n) is 6.43. The normalized spacial score (nSPS) is 13.8. The summed E-state index contributed by atoms with van der Waals surface area (Å²) in [7, 11) is -1.82. The van der Waals surface area contributed by atoms with Gasteiger partial charge in [-0.2, -0.15) is 16.1 Å². The molecule has 0 aliphatic rings. The molecular weight excluding hydrogens is 290 g/mol. The number of benzene rings is 2. The van der Waals surface area contributed by atoms with Crippen LogP contribution in [0.1, 0.15) is 6.92 Å². The molecule has 0 N–H and O–H groups in total. The molecule has 0 aliphatic carbocycles. The second-order valence-electron chi connectivity index (χ2n) is 4.80. The van der Waals surface area contributed by atoms with Gasteiger partial charge in [-0.15, -0.1) is 0 Å². The van der Waals surface area contributed by atoms with Gasteiger partial charge >= 0.3 is 0 Å². The first kappa shape index (κ1) is 15.4. The highest BCUT2D eigenvalue weighted by atomic mass is 32.2. The Morgan fingerprint density at radius 1 is 1.15 bits per heavy atom. The monoisotopic (exact) mass is 309 g/mol. The second-order valence-corrected chi connectivity index (χ2v) is 7.68. The summed E-state index contributed by atoms with van der Waals surface area (Å²) in [6.45, 7) is 1.93. The lowest BCUT2D eigenvalue weighted by Gasteiger charge is -2.24. The van der Waals surface area contributed by atoms with E-state index in [0.717, 1.165) is 16.5 Å². The molecule has 108 valence electrons. The predicted octanol–water partition coefficient (Wildman–Crippen LogP) is 3.21. The molecular formula is C15H19NO2S2. The minimum Gasteiger partial charge on any atom is -0.207 e. The zero-order valence-corrected chi connectivity index (χ0v) is 13.5. The molecule has 2 aromatic rings. The summed E-state index contributed by atoms with van der Waals surface area (Å²) in [5.41, 5.74) is 0. The highest BCUT2D eigenvalue weighted by Gasteiger charge is 2.26. The molecule has 0 heterocycles. The Bertz CT molecular complexity index is 693. The van der Waals surface area contributed by atoms with Crippen molar-refractivity contribution in [1.82, 2.24) is 4.31 Å². The molecule has 0 bridgehead atoms. The third-order valence-electron chi connectivity index (χ3n) is 3.44. The zero-order chi connectivity index (χ0) is 14.8. The van der Waals surface area contributed by atoms with Crippen LogP contribution in [0.3, 0.4) is 0 Å². The molecule has 3 nitrogen and oxygen atoms in total. The molecule has 20 heavy (non-hydrogen) atoms. The van der Waals surface area contributed by atoms with Crippen LogP contribution in [-0.2, 0) is 10.0 Å². The van der Waals surface area contributed by atoms with E-state index in [2.05, 4.69) is 0 Å². The van der Waals surface area contributed by atoms with Gasteiger partial charge < -0.3 is 0 Å². The molecule has 1 atom stereocenters. The highest BCUT2D eigenvalue weighted by molar-refractivity contribution is 7.98. The summed E-state index contributed by atoms with van der Waals surface area (Å²) in [4.78, 5) is 0.381. The first-order chi connectivity index (χ1) is 9.48. The Labute approximate surface area is 125 Å². The van der Waals surface area contributed by atoms with Crippen molar-refractivity contribution in [3.63, 3.8) is 0 Å². The second kappa shape index (κ2) is 6.16. The van der Waals surface area contributed by atoms with Crippen molar-refractivity contribution < 1.29 is 8.42 Å². The lowest BCUT2D eigenvalue weighted by molar-refractivity contribution is 0.415. The number of thioether (sulfide) groups is 1. The Balaban J connectivity index is 2.52.